The first kappa shape index (κ1) is 12.9. The van der Waals surface area contributed by atoms with Gasteiger partial charge in [0.05, 0.1) is 24.6 Å². The molecule has 14 heavy (non-hydrogen) atoms. The molecule has 0 aromatic rings. The van der Waals surface area contributed by atoms with Crippen molar-refractivity contribution in [1.82, 2.24) is 5.32 Å². The molecule has 0 radical (unpaired) electrons. The van der Waals surface area contributed by atoms with Gasteiger partial charge in [-0.05, 0) is 13.8 Å². The van der Waals surface area contributed by atoms with Crippen LogP contribution in [0.4, 0.5) is 0 Å². The fourth-order valence-corrected chi connectivity index (χ4v) is 0.747. The van der Waals surface area contributed by atoms with E-state index in [9.17, 15) is 9.59 Å². The van der Waals surface area contributed by atoms with E-state index < -0.39 is 29.9 Å². The topological polar surface area (TPSA) is 113 Å². The van der Waals surface area contributed by atoms with E-state index in [-0.39, 0.29) is 6.61 Å². The molecule has 0 heterocycles. The Kier molecular flexibility index (Phi) is 4.52. The molecule has 0 aliphatic rings. The minimum atomic E-state index is -1.13. The van der Waals surface area contributed by atoms with Crippen LogP contribution in [0.15, 0.2) is 0 Å². The number of carbonyl (C=O) groups excluding carboxylic acids is 1. The van der Waals surface area contributed by atoms with E-state index in [2.05, 4.69) is 5.32 Å². The van der Waals surface area contributed by atoms with Crippen LogP contribution in [0, 0.1) is 0 Å². The molecule has 5 N–H and O–H groups in total. The maximum Gasteiger partial charge on any atom is 0.305 e. The number of hydrogen-bond acceptors (Lipinski definition) is 4. The number of hydrogen-bond donors (Lipinski definition) is 4. The highest BCUT2D eigenvalue weighted by Crippen LogP contribution is 2.00. The van der Waals surface area contributed by atoms with E-state index in [0.29, 0.717) is 0 Å². The van der Waals surface area contributed by atoms with E-state index in [1.54, 1.807) is 13.8 Å². The van der Waals surface area contributed by atoms with Gasteiger partial charge in [0.1, 0.15) is 0 Å². The van der Waals surface area contributed by atoms with Gasteiger partial charge in [-0.25, -0.2) is 0 Å². The number of rotatable bonds is 5. The molecule has 82 valence electrons. The summed E-state index contributed by atoms with van der Waals surface area (Å²) in [6.45, 7) is 2.98. The first-order valence-electron chi connectivity index (χ1n) is 4.19. The Labute approximate surface area is 82.1 Å². The summed E-state index contributed by atoms with van der Waals surface area (Å²) in [7, 11) is 0. The van der Waals surface area contributed by atoms with E-state index in [4.69, 9.17) is 15.9 Å². The molecule has 0 saturated carbocycles. The molecule has 0 bridgehead atoms. The van der Waals surface area contributed by atoms with E-state index >= 15 is 0 Å². The van der Waals surface area contributed by atoms with Gasteiger partial charge >= 0.3 is 5.97 Å². The fourth-order valence-electron chi connectivity index (χ4n) is 0.747. The van der Waals surface area contributed by atoms with E-state index in [1.807, 2.05) is 0 Å². The molecule has 0 saturated heterocycles. The Morgan fingerprint density at radius 3 is 2.36 bits per heavy atom. The van der Waals surface area contributed by atoms with Crippen molar-refractivity contribution in [2.24, 2.45) is 5.73 Å². The maximum atomic E-state index is 11.2. The minimum absolute atomic E-state index is 0.238. The van der Waals surface area contributed by atoms with Crippen LogP contribution in [0.1, 0.15) is 20.3 Å². The molecule has 0 aromatic carbocycles. The zero-order valence-corrected chi connectivity index (χ0v) is 8.28. The largest absolute Gasteiger partial charge is 0.481 e. The van der Waals surface area contributed by atoms with Gasteiger partial charge in [0.2, 0.25) is 5.91 Å². The fraction of sp³-hybridized carbons (Fsp3) is 0.750. The number of aliphatic carboxylic acids is 1. The summed E-state index contributed by atoms with van der Waals surface area (Å²) in [5.74, 6) is -1.71. The van der Waals surface area contributed by atoms with Crippen molar-refractivity contribution in [2.75, 3.05) is 6.61 Å². The summed E-state index contributed by atoms with van der Waals surface area (Å²) in [5, 5.41) is 19.6. The Morgan fingerprint density at radius 2 is 2.00 bits per heavy atom. The lowest BCUT2D eigenvalue weighted by Crippen LogP contribution is -2.52. The van der Waals surface area contributed by atoms with Gasteiger partial charge in [-0.3, -0.25) is 9.59 Å². The van der Waals surface area contributed by atoms with Gasteiger partial charge in [-0.2, -0.15) is 0 Å². The molecule has 1 amide bonds. The number of carbonyl (C=O) groups is 2. The average molecular weight is 204 g/mol. The highest BCUT2D eigenvalue weighted by Gasteiger charge is 2.24. The average Bonchev–Trinajstić information content (AvgIpc) is 2.02. The number of carboxylic acids is 1. The third-order valence-corrected chi connectivity index (χ3v) is 1.59. The highest BCUT2D eigenvalue weighted by molar-refractivity contribution is 5.86. The number of carboxylic acid groups (broad SMARTS) is 1. The molecular formula is C8H16N2O4. The number of nitrogens with one attached hydrogen (secondary N) is 1. The lowest BCUT2D eigenvalue weighted by Gasteiger charge is -2.25. The number of amides is 1. The Morgan fingerprint density at radius 1 is 1.50 bits per heavy atom. The smallest absolute Gasteiger partial charge is 0.305 e. The van der Waals surface area contributed by atoms with Crippen molar-refractivity contribution in [3.63, 3.8) is 0 Å². The quantitative estimate of drug-likeness (QED) is 0.443. The zero-order chi connectivity index (χ0) is 11.4. The van der Waals surface area contributed by atoms with Gasteiger partial charge in [0.25, 0.3) is 0 Å². The molecule has 1 unspecified atom stereocenters. The first-order chi connectivity index (χ1) is 6.28. The number of aliphatic hydroxyl groups excluding tert-OH is 1. The van der Waals surface area contributed by atoms with E-state index in [1.165, 1.54) is 0 Å². The normalized spacial score (nSPS) is 13.4. The summed E-state index contributed by atoms with van der Waals surface area (Å²) < 4.78 is 0. The van der Waals surface area contributed by atoms with Crippen LogP contribution in [-0.4, -0.2) is 40.3 Å². The molecule has 6 nitrogen and oxygen atoms in total. The Balaban J connectivity index is 4.14. The molecule has 0 fully saturated rings. The van der Waals surface area contributed by atoms with Gasteiger partial charge < -0.3 is 21.3 Å². The summed E-state index contributed by atoms with van der Waals surface area (Å²) in [4.78, 5) is 21.5. The Bertz CT molecular complexity index is 227. The van der Waals surface area contributed by atoms with Crippen LogP contribution in [0.3, 0.4) is 0 Å². The lowest BCUT2D eigenvalue weighted by molar-refractivity contribution is -0.139. The predicted molar refractivity (Wildman–Crippen MR) is 49.5 cm³/mol. The third-order valence-electron chi connectivity index (χ3n) is 1.59. The van der Waals surface area contributed by atoms with Crippen molar-refractivity contribution in [1.29, 1.82) is 0 Å². The van der Waals surface area contributed by atoms with Crippen molar-refractivity contribution in [2.45, 2.75) is 31.8 Å². The SMILES string of the molecule is CC(C)(CO)NC(=O)C(N)CC(=O)O. The molecular weight excluding hydrogens is 188 g/mol. The monoisotopic (exact) mass is 204 g/mol. The summed E-state index contributed by atoms with van der Waals surface area (Å²) in [6.07, 6.45) is -0.423. The van der Waals surface area contributed by atoms with Crippen LogP contribution < -0.4 is 11.1 Å². The second-order valence-corrected chi connectivity index (χ2v) is 3.74. The van der Waals surface area contributed by atoms with Crippen molar-refractivity contribution in [3.05, 3.63) is 0 Å². The molecule has 0 aliphatic carbocycles. The second-order valence-electron chi connectivity index (χ2n) is 3.74. The van der Waals surface area contributed by atoms with Crippen LogP contribution in [0.25, 0.3) is 0 Å². The molecule has 0 spiro atoms. The first-order valence-corrected chi connectivity index (χ1v) is 4.19. The molecule has 0 aromatic heterocycles. The van der Waals surface area contributed by atoms with Crippen LogP contribution in [0.5, 0.6) is 0 Å². The summed E-state index contributed by atoms with van der Waals surface area (Å²) >= 11 is 0. The molecule has 6 heteroatoms. The summed E-state index contributed by atoms with van der Waals surface area (Å²) in [6, 6.07) is -1.08. The molecule has 1 atom stereocenters. The van der Waals surface area contributed by atoms with E-state index in [0.717, 1.165) is 0 Å². The zero-order valence-electron chi connectivity index (χ0n) is 8.28. The van der Waals surface area contributed by atoms with Crippen molar-refractivity contribution < 1.29 is 19.8 Å². The van der Waals surface area contributed by atoms with Gasteiger partial charge in [-0.1, -0.05) is 0 Å². The number of aliphatic hydroxyl groups is 1. The Hall–Kier alpha value is -1.14. The third kappa shape index (κ3) is 4.78. The van der Waals surface area contributed by atoms with Crippen LogP contribution in [0.2, 0.25) is 0 Å². The molecule has 0 aliphatic heterocycles. The van der Waals surface area contributed by atoms with Crippen LogP contribution >= 0.6 is 0 Å². The standard InChI is InChI=1S/C8H16N2O4/c1-8(2,4-11)10-7(14)5(9)3-6(12)13/h5,11H,3-4,9H2,1-2H3,(H,10,14)(H,12,13). The van der Waals surface area contributed by atoms with Crippen molar-refractivity contribution >= 4 is 11.9 Å². The number of nitrogens with two attached hydrogens (primary N) is 1. The van der Waals surface area contributed by atoms with Gasteiger partial charge in [-0.15, -0.1) is 0 Å². The predicted octanol–water partition coefficient (Wildman–Crippen LogP) is -1.32. The minimum Gasteiger partial charge on any atom is -0.481 e. The second kappa shape index (κ2) is 4.92. The van der Waals surface area contributed by atoms with Crippen LogP contribution in [-0.2, 0) is 9.59 Å². The van der Waals surface area contributed by atoms with Gasteiger partial charge in [0, 0.05) is 0 Å². The maximum absolute atomic E-state index is 11.2. The van der Waals surface area contributed by atoms with Crippen molar-refractivity contribution in [3.8, 4) is 0 Å². The summed E-state index contributed by atoms with van der Waals surface area (Å²) in [5.41, 5.74) is 4.52. The highest BCUT2D eigenvalue weighted by atomic mass is 16.4. The lowest BCUT2D eigenvalue weighted by atomic mass is 10.1. The van der Waals surface area contributed by atoms with Gasteiger partial charge in [0.15, 0.2) is 0 Å². The molecule has 0 rings (SSSR count).